The van der Waals surface area contributed by atoms with Crippen molar-refractivity contribution in [2.24, 2.45) is 11.1 Å². The minimum absolute atomic E-state index is 0.0106. The summed E-state index contributed by atoms with van der Waals surface area (Å²) in [6.07, 6.45) is 6.59. The predicted octanol–water partition coefficient (Wildman–Crippen LogP) is 1.37. The second kappa shape index (κ2) is 5.10. The smallest absolute Gasteiger partial charge is 0.293 e. The normalized spacial score (nSPS) is 15.7. The molecule has 1 aromatic rings. The molecule has 0 spiro atoms. The Labute approximate surface area is 107 Å². The Hall–Kier alpha value is -1.36. The molecule has 0 unspecified atom stereocenters. The van der Waals surface area contributed by atoms with Crippen LogP contribution in [-0.2, 0) is 0 Å². The molecule has 0 amide bonds. The van der Waals surface area contributed by atoms with E-state index in [2.05, 4.69) is 24.1 Å². The highest BCUT2D eigenvalue weighted by Crippen LogP contribution is 2.33. The van der Waals surface area contributed by atoms with Crippen LogP contribution in [0.15, 0.2) is 17.2 Å². The number of anilines is 1. The second-order valence-corrected chi connectivity index (χ2v) is 5.78. The standard InChI is InChI=1S/C13H22N4O/c1-13(2,5-6-14)9-16-11-12(18)17(8-7-15-11)10-3-4-10/h7-8,10H,3-6,9,14H2,1-2H3,(H,15,16). The lowest BCUT2D eigenvalue weighted by Crippen LogP contribution is -2.30. The maximum absolute atomic E-state index is 12.1. The molecule has 1 aliphatic rings. The molecule has 18 heavy (non-hydrogen) atoms. The van der Waals surface area contributed by atoms with Crippen molar-refractivity contribution in [3.63, 3.8) is 0 Å². The first-order chi connectivity index (χ1) is 8.53. The lowest BCUT2D eigenvalue weighted by atomic mass is 9.89. The van der Waals surface area contributed by atoms with Crippen molar-refractivity contribution < 1.29 is 0 Å². The van der Waals surface area contributed by atoms with Gasteiger partial charge in [-0.1, -0.05) is 13.8 Å². The van der Waals surface area contributed by atoms with Gasteiger partial charge in [0.1, 0.15) is 0 Å². The monoisotopic (exact) mass is 250 g/mol. The molecule has 1 aliphatic carbocycles. The van der Waals surface area contributed by atoms with E-state index in [1.807, 2.05) is 0 Å². The van der Waals surface area contributed by atoms with Gasteiger partial charge in [-0.25, -0.2) is 4.98 Å². The number of hydrogen-bond acceptors (Lipinski definition) is 4. The fraction of sp³-hybridized carbons (Fsp3) is 0.692. The van der Waals surface area contributed by atoms with Gasteiger partial charge < -0.3 is 15.6 Å². The molecule has 0 saturated heterocycles. The Morgan fingerprint density at radius 1 is 1.56 bits per heavy atom. The van der Waals surface area contributed by atoms with Crippen LogP contribution in [0.2, 0.25) is 0 Å². The Kier molecular flexibility index (Phi) is 3.71. The van der Waals surface area contributed by atoms with Crippen LogP contribution in [0.5, 0.6) is 0 Å². The maximum atomic E-state index is 12.1. The number of nitrogens with one attached hydrogen (secondary N) is 1. The fourth-order valence-corrected chi connectivity index (χ4v) is 1.99. The van der Waals surface area contributed by atoms with Crippen LogP contribution in [0.4, 0.5) is 5.82 Å². The summed E-state index contributed by atoms with van der Waals surface area (Å²) >= 11 is 0. The average molecular weight is 250 g/mol. The van der Waals surface area contributed by atoms with Gasteiger partial charge in [0.2, 0.25) is 0 Å². The number of nitrogens with zero attached hydrogens (tertiary/aromatic N) is 2. The SMILES string of the molecule is CC(C)(CCN)CNc1nccn(C2CC2)c1=O. The quantitative estimate of drug-likeness (QED) is 0.799. The van der Waals surface area contributed by atoms with Crippen molar-refractivity contribution in [1.82, 2.24) is 9.55 Å². The summed E-state index contributed by atoms with van der Waals surface area (Å²) in [5, 5.41) is 3.16. The summed E-state index contributed by atoms with van der Waals surface area (Å²) in [6.45, 7) is 5.63. The average Bonchev–Trinajstić information content (AvgIpc) is 3.12. The molecule has 5 nitrogen and oxygen atoms in total. The van der Waals surface area contributed by atoms with E-state index in [9.17, 15) is 4.79 Å². The van der Waals surface area contributed by atoms with Crippen molar-refractivity contribution in [3.8, 4) is 0 Å². The van der Waals surface area contributed by atoms with Gasteiger partial charge in [0.05, 0.1) is 0 Å². The van der Waals surface area contributed by atoms with Crippen LogP contribution in [0.1, 0.15) is 39.2 Å². The zero-order valence-electron chi connectivity index (χ0n) is 11.1. The summed E-state index contributed by atoms with van der Waals surface area (Å²) < 4.78 is 1.78. The van der Waals surface area contributed by atoms with Gasteiger partial charge in [-0.3, -0.25) is 4.79 Å². The largest absolute Gasteiger partial charge is 0.365 e. The Bertz CT molecular complexity index is 462. The third-order valence-corrected chi connectivity index (χ3v) is 3.36. The van der Waals surface area contributed by atoms with Gasteiger partial charge in [0, 0.05) is 25.0 Å². The molecule has 0 aromatic carbocycles. The summed E-state index contributed by atoms with van der Waals surface area (Å²) in [6, 6.07) is 0.387. The number of nitrogens with two attached hydrogens (primary N) is 1. The Morgan fingerprint density at radius 2 is 2.28 bits per heavy atom. The molecule has 1 saturated carbocycles. The van der Waals surface area contributed by atoms with Gasteiger partial charge in [0.15, 0.2) is 5.82 Å². The predicted molar refractivity (Wildman–Crippen MR) is 72.7 cm³/mol. The maximum Gasteiger partial charge on any atom is 0.293 e. The molecular weight excluding hydrogens is 228 g/mol. The van der Waals surface area contributed by atoms with Gasteiger partial charge >= 0.3 is 0 Å². The van der Waals surface area contributed by atoms with Crippen molar-refractivity contribution in [3.05, 3.63) is 22.7 Å². The molecule has 1 aromatic heterocycles. The van der Waals surface area contributed by atoms with E-state index >= 15 is 0 Å². The van der Waals surface area contributed by atoms with Crippen LogP contribution in [-0.4, -0.2) is 22.6 Å². The topological polar surface area (TPSA) is 72.9 Å². The first-order valence-electron chi connectivity index (χ1n) is 6.54. The van der Waals surface area contributed by atoms with E-state index in [1.165, 1.54) is 0 Å². The van der Waals surface area contributed by atoms with Crippen LogP contribution in [0.25, 0.3) is 0 Å². The number of rotatable bonds is 6. The molecular formula is C13H22N4O. The molecule has 0 radical (unpaired) electrons. The summed E-state index contributed by atoms with van der Waals surface area (Å²) in [7, 11) is 0. The highest BCUT2D eigenvalue weighted by Gasteiger charge is 2.25. The van der Waals surface area contributed by atoms with Gasteiger partial charge in [-0.05, 0) is 31.2 Å². The molecule has 5 heteroatoms. The van der Waals surface area contributed by atoms with E-state index in [1.54, 1.807) is 17.0 Å². The Morgan fingerprint density at radius 3 is 2.89 bits per heavy atom. The third kappa shape index (κ3) is 3.10. The molecule has 0 bridgehead atoms. The third-order valence-electron chi connectivity index (χ3n) is 3.36. The fourth-order valence-electron chi connectivity index (χ4n) is 1.99. The van der Waals surface area contributed by atoms with Crippen LogP contribution in [0, 0.1) is 5.41 Å². The zero-order valence-corrected chi connectivity index (χ0v) is 11.1. The minimum atomic E-state index is -0.0106. The molecule has 1 fully saturated rings. The van der Waals surface area contributed by atoms with Crippen LogP contribution >= 0.6 is 0 Å². The van der Waals surface area contributed by atoms with E-state index < -0.39 is 0 Å². The van der Waals surface area contributed by atoms with Crippen molar-refractivity contribution in [2.45, 2.75) is 39.2 Å². The zero-order chi connectivity index (χ0) is 13.2. The second-order valence-electron chi connectivity index (χ2n) is 5.78. The van der Waals surface area contributed by atoms with Crippen molar-refractivity contribution in [1.29, 1.82) is 0 Å². The number of hydrogen-bond donors (Lipinski definition) is 2. The summed E-state index contributed by atoms with van der Waals surface area (Å²) in [5.41, 5.74) is 5.64. The molecule has 0 aliphatic heterocycles. The Balaban J connectivity index is 2.05. The lowest BCUT2D eigenvalue weighted by molar-refractivity contribution is 0.364. The highest BCUT2D eigenvalue weighted by molar-refractivity contribution is 5.31. The van der Waals surface area contributed by atoms with Crippen molar-refractivity contribution >= 4 is 5.82 Å². The molecule has 0 atom stereocenters. The molecule has 1 heterocycles. The summed E-state index contributed by atoms with van der Waals surface area (Å²) in [5.74, 6) is 0.453. The number of aromatic nitrogens is 2. The minimum Gasteiger partial charge on any atom is -0.365 e. The van der Waals surface area contributed by atoms with E-state index in [-0.39, 0.29) is 11.0 Å². The van der Waals surface area contributed by atoms with Crippen molar-refractivity contribution in [2.75, 3.05) is 18.4 Å². The van der Waals surface area contributed by atoms with E-state index in [0.717, 1.165) is 19.3 Å². The first kappa shape index (κ1) is 13.1. The molecule has 100 valence electrons. The van der Waals surface area contributed by atoms with E-state index in [0.29, 0.717) is 24.9 Å². The summed E-state index contributed by atoms with van der Waals surface area (Å²) in [4.78, 5) is 16.3. The van der Waals surface area contributed by atoms with Gasteiger partial charge in [-0.2, -0.15) is 0 Å². The van der Waals surface area contributed by atoms with Crippen LogP contribution < -0.4 is 16.6 Å². The van der Waals surface area contributed by atoms with Crippen LogP contribution in [0.3, 0.4) is 0 Å². The van der Waals surface area contributed by atoms with Gasteiger partial charge in [-0.15, -0.1) is 0 Å². The van der Waals surface area contributed by atoms with Gasteiger partial charge in [0.25, 0.3) is 5.56 Å². The lowest BCUT2D eigenvalue weighted by Gasteiger charge is -2.24. The first-order valence-corrected chi connectivity index (χ1v) is 6.54. The highest BCUT2D eigenvalue weighted by atomic mass is 16.1. The molecule has 2 rings (SSSR count). The molecule has 3 N–H and O–H groups in total. The van der Waals surface area contributed by atoms with E-state index in [4.69, 9.17) is 5.73 Å².